The SMILES string of the molecule is Cc1cc(NC(=O)c2ccc(N)c(O)c2)on1. The Morgan fingerprint density at radius 3 is 2.82 bits per heavy atom. The standard InChI is InChI=1S/C11H11N3O3/c1-6-4-10(17-14-6)13-11(16)7-2-3-8(12)9(15)5-7/h2-5,15H,12H2,1H3,(H,13,16). The number of amides is 1. The van der Waals surface area contributed by atoms with E-state index in [2.05, 4.69) is 10.5 Å². The second-order valence-corrected chi connectivity index (χ2v) is 3.56. The van der Waals surface area contributed by atoms with E-state index in [0.717, 1.165) is 0 Å². The third-order valence-corrected chi connectivity index (χ3v) is 2.16. The van der Waals surface area contributed by atoms with Gasteiger partial charge in [0.05, 0.1) is 11.4 Å². The number of nitrogen functional groups attached to an aromatic ring is 1. The molecule has 0 spiro atoms. The summed E-state index contributed by atoms with van der Waals surface area (Å²) >= 11 is 0. The van der Waals surface area contributed by atoms with Gasteiger partial charge in [0.15, 0.2) is 0 Å². The molecule has 0 fully saturated rings. The highest BCUT2D eigenvalue weighted by Crippen LogP contribution is 2.21. The molecule has 0 aliphatic heterocycles. The number of hydrogen-bond acceptors (Lipinski definition) is 5. The number of hydrogen-bond donors (Lipinski definition) is 3. The highest BCUT2D eigenvalue weighted by Gasteiger charge is 2.10. The summed E-state index contributed by atoms with van der Waals surface area (Å²) < 4.78 is 4.84. The van der Waals surface area contributed by atoms with Crippen LogP contribution < -0.4 is 11.1 Å². The van der Waals surface area contributed by atoms with Crippen LogP contribution in [0.3, 0.4) is 0 Å². The quantitative estimate of drug-likeness (QED) is 0.539. The number of nitrogens with zero attached hydrogens (tertiary/aromatic N) is 1. The van der Waals surface area contributed by atoms with E-state index in [1.54, 1.807) is 13.0 Å². The summed E-state index contributed by atoms with van der Waals surface area (Å²) in [6, 6.07) is 5.84. The van der Waals surface area contributed by atoms with Crippen molar-refractivity contribution in [2.24, 2.45) is 0 Å². The number of carbonyl (C=O) groups is 1. The van der Waals surface area contributed by atoms with Crippen molar-refractivity contribution < 1.29 is 14.4 Å². The van der Waals surface area contributed by atoms with E-state index >= 15 is 0 Å². The molecule has 0 aliphatic carbocycles. The van der Waals surface area contributed by atoms with Crippen LogP contribution in [-0.2, 0) is 0 Å². The maximum Gasteiger partial charge on any atom is 0.258 e. The molecule has 88 valence electrons. The Hall–Kier alpha value is -2.50. The van der Waals surface area contributed by atoms with Crippen LogP contribution >= 0.6 is 0 Å². The Bertz CT molecular complexity index is 563. The maximum atomic E-state index is 11.7. The number of rotatable bonds is 2. The number of phenols is 1. The number of phenolic OH excluding ortho intramolecular Hbond substituents is 1. The molecule has 1 heterocycles. The molecule has 2 rings (SSSR count). The number of nitrogens with one attached hydrogen (secondary N) is 1. The molecule has 2 aromatic rings. The first-order valence-corrected chi connectivity index (χ1v) is 4.89. The van der Waals surface area contributed by atoms with E-state index in [9.17, 15) is 9.90 Å². The third kappa shape index (κ3) is 2.36. The van der Waals surface area contributed by atoms with E-state index in [4.69, 9.17) is 10.3 Å². The first-order chi connectivity index (χ1) is 8.06. The minimum atomic E-state index is -0.406. The van der Waals surface area contributed by atoms with Crippen molar-refractivity contribution in [1.29, 1.82) is 0 Å². The monoisotopic (exact) mass is 233 g/mol. The van der Waals surface area contributed by atoms with E-state index < -0.39 is 5.91 Å². The van der Waals surface area contributed by atoms with E-state index in [0.29, 0.717) is 5.69 Å². The van der Waals surface area contributed by atoms with E-state index in [-0.39, 0.29) is 22.9 Å². The van der Waals surface area contributed by atoms with Crippen LogP contribution in [0.1, 0.15) is 16.1 Å². The summed E-state index contributed by atoms with van der Waals surface area (Å²) in [7, 11) is 0. The molecule has 0 bridgehead atoms. The van der Waals surface area contributed by atoms with Crippen LogP contribution in [0.2, 0.25) is 0 Å². The molecule has 6 heteroatoms. The fourth-order valence-corrected chi connectivity index (χ4v) is 1.29. The lowest BCUT2D eigenvalue weighted by molar-refractivity contribution is 0.102. The summed E-state index contributed by atoms with van der Waals surface area (Å²) in [6.07, 6.45) is 0. The van der Waals surface area contributed by atoms with Crippen molar-refractivity contribution in [1.82, 2.24) is 5.16 Å². The number of aromatic nitrogens is 1. The number of nitrogens with two attached hydrogens (primary N) is 1. The second-order valence-electron chi connectivity index (χ2n) is 3.56. The molecule has 6 nitrogen and oxygen atoms in total. The predicted octanol–water partition coefficient (Wildman–Crippen LogP) is 1.52. The molecule has 0 saturated heterocycles. The smallest absolute Gasteiger partial charge is 0.258 e. The second kappa shape index (κ2) is 4.17. The van der Waals surface area contributed by atoms with Gasteiger partial charge in [-0.15, -0.1) is 0 Å². The van der Waals surface area contributed by atoms with Crippen LogP contribution in [-0.4, -0.2) is 16.2 Å². The molecule has 4 N–H and O–H groups in total. The van der Waals surface area contributed by atoms with Crippen LogP contribution in [0.4, 0.5) is 11.6 Å². The van der Waals surface area contributed by atoms with Crippen molar-refractivity contribution in [2.75, 3.05) is 11.1 Å². The zero-order chi connectivity index (χ0) is 12.4. The average Bonchev–Trinajstić information content (AvgIpc) is 2.68. The number of aromatic hydroxyl groups is 1. The van der Waals surface area contributed by atoms with E-state index in [1.165, 1.54) is 18.2 Å². The van der Waals surface area contributed by atoms with Crippen molar-refractivity contribution >= 4 is 17.5 Å². The molecule has 0 unspecified atom stereocenters. The van der Waals surface area contributed by atoms with Crippen LogP contribution in [0, 0.1) is 6.92 Å². The van der Waals surface area contributed by atoms with Crippen LogP contribution in [0.5, 0.6) is 5.75 Å². The average molecular weight is 233 g/mol. The zero-order valence-corrected chi connectivity index (χ0v) is 9.10. The highest BCUT2D eigenvalue weighted by atomic mass is 16.5. The number of carbonyl (C=O) groups excluding carboxylic acids is 1. The van der Waals surface area contributed by atoms with Gasteiger partial charge in [0.2, 0.25) is 5.88 Å². The van der Waals surface area contributed by atoms with Gasteiger partial charge in [0, 0.05) is 11.6 Å². The van der Waals surface area contributed by atoms with Gasteiger partial charge < -0.3 is 15.4 Å². The molecular weight excluding hydrogens is 222 g/mol. The van der Waals surface area contributed by atoms with Crippen molar-refractivity contribution in [3.63, 3.8) is 0 Å². The molecule has 1 amide bonds. The summed E-state index contributed by atoms with van der Waals surface area (Å²) in [5, 5.41) is 15.5. The van der Waals surface area contributed by atoms with Crippen molar-refractivity contribution in [3.8, 4) is 5.75 Å². The molecule has 1 aromatic heterocycles. The van der Waals surface area contributed by atoms with Gasteiger partial charge in [-0.3, -0.25) is 10.1 Å². The number of aryl methyl sites for hydroxylation is 1. The summed E-state index contributed by atoms with van der Waals surface area (Å²) in [5.41, 5.74) is 6.60. The molecule has 0 atom stereocenters. The fourth-order valence-electron chi connectivity index (χ4n) is 1.29. The maximum absolute atomic E-state index is 11.7. The van der Waals surface area contributed by atoms with Gasteiger partial charge in [-0.1, -0.05) is 5.16 Å². The Morgan fingerprint density at radius 2 is 2.24 bits per heavy atom. The number of anilines is 2. The molecular formula is C11H11N3O3. The Labute approximate surface area is 97.0 Å². The number of benzene rings is 1. The van der Waals surface area contributed by atoms with Crippen molar-refractivity contribution in [2.45, 2.75) is 6.92 Å². The van der Waals surface area contributed by atoms with Gasteiger partial charge in [0.25, 0.3) is 5.91 Å². The minimum absolute atomic E-state index is 0.133. The lowest BCUT2D eigenvalue weighted by atomic mass is 10.2. The first-order valence-electron chi connectivity index (χ1n) is 4.89. The molecule has 17 heavy (non-hydrogen) atoms. The third-order valence-electron chi connectivity index (χ3n) is 2.16. The minimum Gasteiger partial charge on any atom is -0.506 e. The Balaban J connectivity index is 2.17. The van der Waals surface area contributed by atoms with Gasteiger partial charge in [-0.2, -0.15) is 0 Å². The lowest BCUT2D eigenvalue weighted by Gasteiger charge is -2.03. The molecule has 0 saturated carbocycles. The van der Waals surface area contributed by atoms with Gasteiger partial charge >= 0.3 is 0 Å². The lowest BCUT2D eigenvalue weighted by Crippen LogP contribution is -2.11. The topological polar surface area (TPSA) is 101 Å². The predicted molar refractivity (Wildman–Crippen MR) is 61.7 cm³/mol. The summed E-state index contributed by atoms with van der Waals surface area (Å²) in [6.45, 7) is 1.74. The normalized spacial score (nSPS) is 10.2. The largest absolute Gasteiger partial charge is 0.506 e. The molecule has 1 aromatic carbocycles. The fraction of sp³-hybridized carbons (Fsp3) is 0.0909. The zero-order valence-electron chi connectivity index (χ0n) is 9.10. The highest BCUT2D eigenvalue weighted by molar-refractivity contribution is 6.04. The van der Waals surface area contributed by atoms with Gasteiger partial charge in [-0.05, 0) is 25.1 Å². The van der Waals surface area contributed by atoms with Crippen LogP contribution in [0.25, 0.3) is 0 Å². The van der Waals surface area contributed by atoms with Gasteiger partial charge in [-0.25, -0.2) is 0 Å². The van der Waals surface area contributed by atoms with Gasteiger partial charge in [0.1, 0.15) is 5.75 Å². The Kier molecular flexibility index (Phi) is 2.70. The summed E-state index contributed by atoms with van der Waals surface area (Å²) in [5.74, 6) is -0.285. The summed E-state index contributed by atoms with van der Waals surface area (Å²) in [4.78, 5) is 11.7. The molecule has 0 radical (unpaired) electrons. The van der Waals surface area contributed by atoms with E-state index in [1.807, 2.05) is 0 Å². The first kappa shape index (κ1) is 11.0. The Morgan fingerprint density at radius 1 is 1.47 bits per heavy atom. The molecule has 0 aliphatic rings. The van der Waals surface area contributed by atoms with Crippen LogP contribution in [0.15, 0.2) is 28.8 Å². The van der Waals surface area contributed by atoms with Crippen molar-refractivity contribution in [3.05, 3.63) is 35.5 Å².